The Morgan fingerprint density at radius 3 is 2.49 bits per heavy atom. The SMILES string of the molecule is O=C(O)CCCC[C@@H]1C=C2C(=O)C(C(=O)NCCc3ccc(F)cc3)C=CC2=CN1Cc1ccccc1. The highest BCUT2D eigenvalue weighted by molar-refractivity contribution is 6.15. The second-order valence-corrected chi connectivity index (χ2v) is 9.40. The number of halogens is 1. The molecule has 37 heavy (non-hydrogen) atoms. The lowest BCUT2D eigenvalue weighted by atomic mass is 9.83. The quantitative estimate of drug-likeness (QED) is 0.347. The van der Waals surface area contributed by atoms with E-state index in [1.807, 2.05) is 48.7 Å². The van der Waals surface area contributed by atoms with Gasteiger partial charge in [-0.05, 0) is 42.5 Å². The van der Waals surface area contributed by atoms with Crippen molar-refractivity contribution >= 4 is 17.7 Å². The molecule has 1 amide bonds. The Labute approximate surface area is 216 Å². The van der Waals surface area contributed by atoms with Crippen molar-refractivity contribution in [2.75, 3.05) is 6.54 Å². The van der Waals surface area contributed by atoms with Crippen LogP contribution in [0.4, 0.5) is 4.39 Å². The molecule has 0 radical (unpaired) electrons. The molecular formula is C30H31FN2O4. The number of nitrogens with zero attached hydrogens (tertiary/aromatic N) is 1. The third kappa shape index (κ3) is 7.03. The van der Waals surface area contributed by atoms with E-state index in [2.05, 4.69) is 10.2 Å². The van der Waals surface area contributed by atoms with E-state index >= 15 is 0 Å². The van der Waals surface area contributed by atoms with Gasteiger partial charge in [0.05, 0.1) is 0 Å². The van der Waals surface area contributed by atoms with Crippen LogP contribution in [0.5, 0.6) is 0 Å². The van der Waals surface area contributed by atoms with E-state index in [-0.39, 0.29) is 30.0 Å². The number of carbonyl (C=O) groups excluding carboxylic acids is 2. The summed E-state index contributed by atoms with van der Waals surface area (Å²) in [5.74, 6) is -2.61. The maximum absolute atomic E-state index is 13.3. The monoisotopic (exact) mass is 502 g/mol. The molecule has 2 atom stereocenters. The Hall–Kier alpha value is -4.00. The zero-order chi connectivity index (χ0) is 26.2. The molecule has 0 saturated heterocycles. The molecule has 0 fully saturated rings. The van der Waals surface area contributed by atoms with Gasteiger partial charge < -0.3 is 15.3 Å². The van der Waals surface area contributed by atoms with E-state index in [9.17, 15) is 18.8 Å². The molecule has 2 aliphatic rings. The smallest absolute Gasteiger partial charge is 0.303 e. The van der Waals surface area contributed by atoms with Gasteiger partial charge in [-0.1, -0.05) is 67.1 Å². The van der Waals surface area contributed by atoms with E-state index in [1.165, 1.54) is 12.1 Å². The van der Waals surface area contributed by atoms with Gasteiger partial charge in [-0.15, -0.1) is 0 Å². The highest BCUT2D eigenvalue weighted by Gasteiger charge is 2.34. The summed E-state index contributed by atoms with van der Waals surface area (Å²) in [5, 5.41) is 11.8. The number of hydrogen-bond donors (Lipinski definition) is 2. The third-order valence-electron chi connectivity index (χ3n) is 6.67. The molecule has 1 unspecified atom stereocenters. The van der Waals surface area contributed by atoms with Crippen molar-refractivity contribution in [3.63, 3.8) is 0 Å². The molecule has 0 saturated carbocycles. The Morgan fingerprint density at radius 1 is 1.00 bits per heavy atom. The summed E-state index contributed by atoms with van der Waals surface area (Å²) in [4.78, 5) is 39.3. The van der Waals surface area contributed by atoms with E-state index in [1.54, 1.807) is 18.2 Å². The molecule has 4 rings (SSSR count). The van der Waals surface area contributed by atoms with Crippen molar-refractivity contribution < 1.29 is 23.9 Å². The van der Waals surface area contributed by atoms with E-state index in [0.29, 0.717) is 44.3 Å². The Kier molecular flexibility index (Phi) is 8.67. The first-order chi connectivity index (χ1) is 17.9. The maximum Gasteiger partial charge on any atom is 0.303 e. The van der Waals surface area contributed by atoms with Gasteiger partial charge in [0.25, 0.3) is 0 Å². The molecule has 6 nitrogen and oxygen atoms in total. The van der Waals surface area contributed by atoms with Crippen LogP contribution in [0.1, 0.15) is 36.8 Å². The third-order valence-corrected chi connectivity index (χ3v) is 6.67. The number of benzene rings is 2. The molecule has 192 valence electrons. The topological polar surface area (TPSA) is 86.7 Å². The molecule has 1 aliphatic carbocycles. The lowest BCUT2D eigenvalue weighted by Crippen LogP contribution is -2.40. The second kappa shape index (κ2) is 12.3. The van der Waals surface area contributed by atoms with Crippen molar-refractivity contribution in [1.82, 2.24) is 10.2 Å². The van der Waals surface area contributed by atoms with Crippen LogP contribution in [0, 0.1) is 11.7 Å². The number of hydrogen-bond acceptors (Lipinski definition) is 4. The average Bonchev–Trinajstić information content (AvgIpc) is 2.89. The van der Waals surface area contributed by atoms with Crippen molar-refractivity contribution in [3.8, 4) is 0 Å². The summed E-state index contributed by atoms with van der Waals surface area (Å²) < 4.78 is 13.1. The number of amides is 1. The molecule has 1 aliphatic heterocycles. The lowest BCUT2D eigenvalue weighted by Gasteiger charge is -2.35. The fourth-order valence-electron chi connectivity index (χ4n) is 4.67. The molecule has 2 aromatic carbocycles. The number of nitrogens with one attached hydrogen (secondary N) is 1. The Morgan fingerprint density at radius 2 is 1.76 bits per heavy atom. The number of ketones is 1. The highest BCUT2D eigenvalue weighted by atomic mass is 19.1. The number of rotatable bonds is 11. The standard InChI is InChI=1S/C30H31FN2O4/c31-24-13-10-21(11-14-24)16-17-32-30(37)26-15-12-23-20-33(19-22-6-2-1-3-7-22)25(18-27(23)29(26)36)8-4-5-9-28(34)35/h1-3,6-7,10-15,18,20,25-26H,4-5,8-9,16-17,19H2,(H,32,37)(H,34,35)/t25-,26?/m1/s1. The van der Waals surface area contributed by atoms with Crippen LogP contribution in [0.2, 0.25) is 0 Å². The molecule has 0 bridgehead atoms. The zero-order valence-corrected chi connectivity index (χ0v) is 20.6. The van der Waals surface area contributed by atoms with Crippen LogP contribution >= 0.6 is 0 Å². The van der Waals surface area contributed by atoms with Crippen LogP contribution in [0.25, 0.3) is 0 Å². The number of Topliss-reactive ketones (excluding diaryl/α,β-unsaturated/α-hetero) is 1. The van der Waals surface area contributed by atoms with Gasteiger partial charge in [-0.3, -0.25) is 14.4 Å². The van der Waals surface area contributed by atoms with Gasteiger partial charge in [0.1, 0.15) is 11.7 Å². The lowest BCUT2D eigenvalue weighted by molar-refractivity contribution is -0.137. The van der Waals surface area contributed by atoms with Gasteiger partial charge in [0.2, 0.25) is 5.91 Å². The van der Waals surface area contributed by atoms with Crippen molar-refractivity contribution in [2.24, 2.45) is 5.92 Å². The Bertz CT molecular complexity index is 1220. The minimum atomic E-state index is -0.898. The summed E-state index contributed by atoms with van der Waals surface area (Å²) in [6.07, 6.45) is 10.0. The largest absolute Gasteiger partial charge is 0.481 e. The number of unbranched alkanes of at least 4 members (excludes halogenated alkanes) is 1. The number of carboxylic acids is 1. The van der Waals surface area contributed by atoms with Gasteiger partial charge in [0.15, 0.2) is 5.78 Å². The van der Waals surface area contributed by atoms with Gasteiger partial charge in [-0.25, -0.2) is 4.39 Å². The molecule has 2 N–H and O–H groups in total. The van der Waals surface area contributed by atoms with Crippen molar-refractivity contribution in [3.05, 3.63) is 107 Å². The average molecular weight is 503 g/mol. The molecule has 7 heteroatoms. The predicted octanol–water partition coefficient (Wildman–Crippen LogP) is 4.58. The highest BCUT2D eigenvalue weighted by Crippen LogP contribution is 2.32. The van der Waals surface area contributed by atoms with Crippen LogP contribution in [-0.4, -0.2) is 40.3 Å². The van der Waals surface area contributed by atoms with E-state index in [0.717, 1.165) is 16.7 Å². The first-order valence-electron chi connectivity index (χ1n) is 12.6. The van der Waals surface area contributed by atoms with Crippen LogP contribution in [0.15, 0.2) is 90.2 Å². The summed E-state index contributed by atoms with van der Waals surface area (Å²) in [6.45, 7) is 1.01. The summed E-state index contributed by atoms with van der Waals surface area (Å²) >= 11 is 0. The first kappa shape index (κ1) is 26.1. The van der Waals surface area contributed by atoms with E-state index in [4.69, 9.17) is 5.11 Å². The van der Waals surface area contributed by atoms with E-state index < -0.39 is 11.9 Å². The number of allylic oxidation sites excluding steroid dienone is 3. The second-order valence-electron chi connectivity index (χ2n) is 9.40. The van der Waals surface area contributed by atoms with Gasteiger partial charge in [-0.2, -0.15) is 0 Å². The van der Waals surface area contributed by atoms with Crippen molar-refractivity contribution in [2.45, 2.75) is 44.7 Å². The van der Waals surface area contributed by atoms with Crippen molar-refractivity contribution in [1.29, 1.82) is 0 Å². The molecular weight excluding hydrogens is 471 g/mol. The summed E-state index contributed by atoms with van der Waals surface area (Å²) in [7, 11) is 0. The Balaban J connectivity index is 1.44. The number of fused-ring (bicyclic) bond motifs is 1. The summed E-state index contributed by atoms with van der Waals surface area (Å²) in [6, 6.07) is 16.1. The maximum atomic E-state index is 13.3. The normalized spacial score (nSPS) is 18.6. The van der Waals surface area contributed by atoms with Gasteiger partial charge >= 0.3 is 5.97 Å². The molecule has 0 spiro atoms. The van der Waals surface area contributed by atoms with Crippen LogP contribution < -0.4 is 5.32 Å². The van der Waals surface area contributed by atoms with Crippen LogP contribution in [0.3, 0.4) is 0 Å². The zero-order valence-electron chi connectivity index (χ0n) is 20.6. The fourth-order valence-corrected chi connectivity index (χ4v) is 4.67. The first-order valence-corrected chi connectivity index (χ1v) is 12.6. The fraction of sp³-hybridized carbons (Fsp3) is 0.300. The molecule has 0 aromatic heterocycles. The molecule has 2 aromatic rings. The van der Waals surface area contributed by atoms with Gasteiger partial charge in [0, 0.05) is 42.9 Å². The number of carbonyl (C=O) groups is 3. The minimum Gasteiger partial charge on any atom is -0.481 e. The number of aliphatic carboxylic acids is 1. The number of carboxylic acid groups (broad SMARTS) is 1. The van der Waals surface area contributed by atoms with Crippen LogP contribution in [-0.2, 0) is 27.3 Å². The minimum absolute atomic E-state index is 0.0783. The molecule has 1 heterocycles. The predicted molar refractivity (Wildman–Crippen MR) is 139 cm³/mol. The summed E-state index contributed by atoms with van der Waals surface area (Å²) in [5.41, 5.74) is 3.35.